The Morgan fingerprint density at radius 1 is 1.25 bits per heavy atom. The summed E-state index contributed by atoms with van der Waals surface area (Å²) in [6.45, 7) is 3.79. The summed E-state index contributed by atoms with van der Waals surface area (Å²) in [4.78, 5) is -0.336. The minimum absolute atomic E-state index is 0.0480. The van der Waals surface area contributed by atoms with E-state index in [0.29, 0.717) is 12.8 Å². The van der Waals surface area contributed by atoms with Gasteiger partial charge in [-0.15, -0.1) is 0 Å². The molecule has 1 rings (SSSR count). The molecule has 8 heteroatoms. The van der Waals surface area contributed by atoms with Crippen molar-refractivity contribution in [3.8, 4) is 0 Å². The van der Waals surface area contributed by atoms with Gasteiger partial charge in [-0.3, -0.25) is 0 Å². The van der Waals surface area contributed by atoms with Crippen LogP contribution < -0.4 is 10.5 Å². The largest absolute Gasteiger partial charge is 0.324 e. The van der Waals surface area contributed by atoms with E-state index in [1.54, 1.807) is 0 Å². The molecule has 0 bridgehead atoms. The zero-order valence-corrected chi connectivity index (χ0v) is 13.5. The molecule has 0 spiro atoms. The maximum Gasteiger partial charge on any atom is 0.243 e. The highest BCUT2D eigenvalue weighted by atomic mass is 35.5. The molecule has 114 valence electrons. The third-order valence-corrected chi connectivity index (χ3v) is 5.58. The van der Waals surface area contributed by atoms with Crippen molar-refractivity contribution < 1.29 is 12.8 Å². The zero-order valence-electron chi connectivity index (χ0n) is 11.2. The number of hydrogen-bond acceptors (Lipinski definition) is 3. The summed E-state index contributed by atoms with van der Waals surface area (Å²) in [6, 6.07) is 1.80. The van der Waals surface area contributed by atoms with Crippen molar-refractivity contribution in [3.05, 3.63) is 28.0 Å². The minimum atomic E-state index is -3.95. The van der Waals surface area contributed by atoms with Crippen LogP contribution in [0.25, 0.3) is 0 Å². The molecule has 0 fully saturated rings. The fourth-order valence-corrected chi connectivity index (χ4v) is 3.92. The van der Waals surface area contributed by atoms with Crippen LogP contribution in [0.1, 0.15) is 26.7 Å². The molecule has 0 aliphatic heterocycles. The Bertz CT molecular complexity index is 566. The number of rotatable bonds is 6. The first kappa shape index (κ1) is 17.7. The molecule has 1 aromatic rings. The Morgan fingerprint density at radius 2 is 1.70 bits per heavy atom. The molecule has 0 aliphatic rings. The summed E-state index contributed by atoms with van der Waals surface area (Å²) in [5.74, 6) is -0.700. The second kappa shape index (κ2) is 6.58. The predicted molar refractivity (Wildman–Crippen MR) is 79.1 cm³/mol. The van der Waals surface area contributed by atoms with Crippen molar-refractivity contribution in [2.24, 2.45) is 5.73 Å². The summed E-state index contributed by atoms with van der Waals surface area (Å²) in [5, 5.41) is -0.531. The average Bonchev–Trinajstić information content (AvgIpc) is 2.34. The molecule has 20 heavy (non-hydrogen) atoms. The number of hydrogen-bond donors (Lipinski definition) is 2. The van der Waals surface area contributed by atoms with Gasteiger partial charge in [0, 0.05) is 12.1 Å². The Labute approximate surface area is 128 Å². The van der Waals surface area contributed by atoms with Crippen LogP contribution in [0.5, 0.6) is 0 Å². The van der Waals surface area contributed by atoms with E-state index in [0.717, 1.165) is 12.1 Å². The van der Waals surface area contributed by atoms with Crippen LogP contribution in [0.4, 0.5) is 4.39 Å². The topological polar surface area (TPSA) is 72.2 Å². The van der Waals surface area contributed by atoms with Gasteiger partial charge in [0.15, 0.2) is 0 Å². The van der Waals surface area contributed by atoms with Crippen LogP contribution >= 0.6 is 23.2 Å². The molecule has 4 nitrogen and oxygen atoms in total. The molecule has 0 atom stereocenters. The van der Waals surface area contributed by atoms with E-state index in [1.165, 1.54) is 0 Å². The molecule has 0 heterocycles. The van der Waals surface area contributed by atoms with Gasteiger partial charge in [0.2, 0.25) is 10.0 Å². The fraction of sp³-hybridized carbons (Fsp3) is 0.500. The summed E-state index contributed by atoms with van der Waals surface area (Å²) >= 11 is 11.5. The van der Waals surface area contributed by atoms with Gasteiger partial charge in [0.1, 0.15) is 10.7 Å². The fourth-order valence-electron chi connectivity index (χ4n) is 1.60. The quantitative estimate of drug-likeness (QED) is 0.834. The van der Waals surface area contributed by atoms with Crippen molar-refractivity contribution >= 4 is 33.2 Å². The van der Waals surface area contributed by atoms with Gasteiger partial charge < -0.3 is 5.73 Å². The number of halogens is 3. The lowest BCUT2D eigenvalue weighted by atomic mass is 9.95. The van der Waals surface area contributed by atoms with Crippen LogP contribution in [-0.2, 0) is 10.0 Å². The summed E-state index contributed by atoms with van der Waals surface area (Å²) < 4.78 is 39.9. The molecule has 0 aromatic heterocycles. The average molecular weight is 343 g/mol. The molecule has 0 aliphatic carbocycles. The lowest BCUT2D eigenvalue weighted by Crippen LogP contribution is -2.49. The van der Waals surface area contributed by atoms with Crippen molar-refractivity contribution in [1.82, 2.24) is 4.72 Å². The lowest BCUT2D eigenvalue weighted by Gasteiger charge is -2.26. The standard InChI is InChI=1S/C12H17Cl2FN2O2S/c1-3-12(16,4-2)7-17-20(18,19)11-9(13)5-8(15)6-10(11)14/h5-6,17H,3-4,7,16H2,1-2H3. The third-order valence-electron chi connectivity index (χ3n) is 3.25. The summed E-state index contributed by atoms with van der Waals surface area (Å²) in [6.07, 6.45) is 1.22. The van der Waals surface area contributed by atoms with E-state index in [-0.39, 0.29) is 21.5 Å². The van der Waals surface area contributed by atoms with Crippen molar-refractivity contribution in [1.29, 1.82) is 0 Å². The molecule has 0 amide bonds. The highest BCUT2D eigenvalue weighted by molar-refractivity contribution is 7.89. The Hall–Kier alpha value is -0.400. The van der Waals surface area contributed by atoms with Crippen LogP contribution in [-0.4, -0.2) is 20.5 Å². The highest BCUT2D eigenvalue weighted by Gasteiger charge is 2.27. The lowest BCUT2D eigenvalue weighted by molar-refractivity contribution is 0.392. The summed E-state index contributed by atoms with van der Waals surface area (Å²) in [7, 11) is -3.95. The van der Waals surface area contributed by atoms with Crippen LogP contribution in [0.2, 0.25) is 10.0 Å². The normalized spacial score (nSPS) is 12.7. The van der Waals surface area contributed by atoms with Crippen LogP contribution in [0.15, 0.2) is 17.0 Å². The number of nitrogens with two attached hydrogens (primary N) is 1. The van der Waals surface area contributed by atoms with E-state index in [1.807, 2.05) is 13.8 Å². The number of benzene rings is 1. The van der Waals surface area contributed by atoms with Gasteiger partial charge in [-0.1, -0.05) is 37.0 Å². The third kappa shape index (κ3) is 4.05. The number of sulfonamides is 1. The van der Waals surface area contributed by atoms with Gasteiger partial charge in [0.05, 0.1) is 10.0 Å². The van der Waals surface area contributed by atoms with Gasteiger partial charge in [-0.05, 0) is 25.0 Å². The van der Waals surface area contributed by atoms with Crippen LogP contribution in [0, 0.1) is 5.82 Å². The highest BCUT2D eigenvalue weighted by Crippen LogP contribution is 2.30. The maximum atomic E-state index is 13.1. The Morgan fingerprint density at radius 3 is 2.10 bits per heavy atom. The van der Waals surface area contributed by atoms with Crippen molar-refractivity contribution in [2.45, 2.75) is 37.1 Å². The first-order chi connectivity index (χ1) is 9.15. The van der Waals surface area contributed by atoms with E-state index < -0.39 is 21.4 Å². The van der Waals surface area contributed by atoms with E-state index in [4.69, 9.17) is 28.9 Å². The first-order valence-corrected chi connectivity index (χ1v) is 8.32. The second-order valence-electron chi connectivity index (χ2n) is 4.59. The SMILES string of the molecule is CCC(N)(CC)CNS(=O)(=O)c1c(Cl)cc(F)cc1Cl. The van der Waals surface area contributed by atoms with E-state index >= 15 is 0 Å². The van der Waals surface area contributed by atoms with Gasteiger partial charge in [-0.25, -0.2) is 17.5 Å². The smallest absolute Gasteiger partial charge is 0.243 e. The molecule has 0 unspecified atom stereocenters. The van der Waals surface area contributed by atoms with E-state index in [2.05, 4.69) is 4.72 Å². The molecule has 0 saturated carbocycles. The molecular weight excluding hydrogens is 326 g/mol. The first-order valence-electron chi connectivity index (χ1n) is 6.08. The second-order valence-corrected chi connectivity index (χ2v) is 7.11. The van der Waals surface area contributed by atoms with Gasteiger partial charge >= 0.3 is 0 Å². The van der Waals surface area contributed by atoms with Gasteiger partial charge in [0.25, 0.3) is 0 Å². The minimum Gasteiger partial charge on any atom is -0.324 e. The van der Waals surface area contributed by atoms with Crippen molar-refractivity contribution in [3.63, 3.8) is 0 Å². The molecular formula is C12H17Cl2FN2O2S. The monoisotopic (exact) mass is 342 g/mol. The maximum absolute atomic E-state index is 13.1. The van der Waals surface area contributed by atoms with Crippen LogP contribution in [0.3, 0.4) is 0 Å². The van der Waals surface area contributed by atoms with Gasteiger partial charge in [-0.2, -0.15) is 0 Å². The van der Waals surface area contributed by atoms with E-state index in [9.17, 15) is 12.8 Å². The zero-order chi connectivity index (χ0) is 15.6. The molecule has 3 N–H and O–H groups in total. The Balaban J connectivity index is 3.07. The molecule has 1 aromatic carbocycles. The number of nitrogens with one attached hydrogen (secondary N) is 1. The molecule has 0 saturated heterocycles. The summed E-state index contributed by atoms with van der Waals surface area (Å²) in [5.41, 5.74) is 5.38. The predicted octanol–water partition coefficient (Wildman–Crippen LogP) is 2.93. The molecule has 0 radical (unpaired) electrons. The van der Waals surface area contributed by atoms with Crippen molar-refractivity contribution in [2.75, 3.05) is 6.54 Å². The Kier molecular flexibility index (Phi) is 5.80.